The lowest BCUT2D eigenvalue weighted by Gasteiger charge is -2.28. The van der Waals surface area contributed by atoms with Crippen LogP contribution in [0.3, 0.4) is 0 Å². The molecule has 0 spiro atoms. The molecular weight excluding hydrogens is 232 g/mol. The van der Waals surface area contributed by atoms with E-state index in [9.17, 15) is 4.79 Å². The molecule has 0 unspecified atom stereocenters. The van der Waals surface area contributed by atoms with Crippen LogP contribution in [-0.4, -0.2) is 29.4 Å². The summed E-state index contributed by atoms with van der Waals surface area (Å²) in [4.78, 5) is 13.6. The van der Waals surface area contributed by atoms with Gasteiger partial charge in [0, 0.05) is 31.6 Å². The molecule has 2 heterocycles. The highest BCUT2D eigenvalue weighted by molar-refractivity contribution is 7.07. The molecule has 1 aliphatic heterocycles. The van der Waals surface area contributed by atoms with Crippen LogP contribution in [0.5, 0.6) is 0 Å². The van der Waals surface area contributed by atoms with Gasteiger partial charge in [0.2, 0.25) is 5.91 Å². The van der Waals surface area contributed by atoms with Crippen LogP contribution < -0.4 is 5.32 Å². The summed E-state index contributed by atoms with van der Waals surface area (Å²) >= 11 is 1.74. The van der Waals surface area contributed by atoms with E-state index in [2.05, 4.69) is 40.9 Å². The Morgan fingerprint density at radius 3 is 2.94 bits per heavy atom. The second-order valence-electron chi connectivity index (χ2n) is 4.96. The van der Waals surface area contributed by atoms with Crippen molar-refractivity contribution >= 4 is 17.2 Å². The number of rotatable bonds is 5. The van der Waals surface area contributed by atoms with Crippen molar-refractivity contribution in [1.29, 1.82) is 0 Å². The molecule has 17 heavy (non-hydrogen) atoms. The number of carbonyl (C=O) groups is 1. The minimum atomic E-state index is 0.203. The minimum absolute atomic E-state index is 0.203. The highest BCUT2D eigenvalue weighted by Gasteiger charge is 2.24. The van der Waals surface area contributed by atoms with Crippen LogP contribution in [0, 0.1) is 0 Å². The molecule has 1 aromatic rings. The third-order valence-corrected chi connectivity index (χ3v) is 3.97. The summed E-state index contributed by atoms with van der Waals surface area (Å²) in [6, 6.07) is 3.02. The molecule has 4 heteroatoms. The number of hydrogen-bond donors (Lipinski definition) is 1. The smallest absolute Gasteiger partial charge is 0.220 e. The van der Waals surface area contributed by atoms with Crippen LogP contribution in [0.15, 0.2) is 16.8 Å². The molecule has 0 saturated carbocycles. The normalized spacial score (nSPS) is 20.2. The first kappa shape index (κ1) is 12.6. The molecule has 1 saturated heterocycles. The van der Waals surface area contributed by atoms with Crippen molar-refractivity contribution in [3.05, 3.63) is 22.4 Å². The van der Waals surface area contributed by atoms with Gasteiger partial charge in [-0.05, 0) is 42.7 Å². The fourth-order valence-electron chi connectivity index (χ4n) is 2.17. The monoisotopic (exact) mass is 252 g/mol. The van der Waals surface area contributed by atoms with E-state index >= 15 is 0 Å². The zero-order valence-electron chi connectivity index (χ0n) is 10.5. The Morgan fingerprint density at radius 2 is 2.41 bits per heavy atom. The zero-order valence-corrected chi connectivity index (χ0v) is 11.3. The second kappa shape index (κ2) is 5.65. The van der Waals surface area contributed by atoms with E-state index in [-0.39, 0.29) is 5.91 Å². The van der Waals surface area contributed by atoms with Gasteiger partial charge in [-0.25, -0.2) is 0 Å². The van der Waals surface area contributed by atoms with Crippen molar-refractivity contribution in [2.24, 2.45) is 0 Å². The van der Waals surface area contributed by atoms with Crippen LogP contribution in [0.4, 0.5) is 0 Å². The van der Waals surface area contributed by atoms with Crippen LogP contribution in [0.2, 0.25) is 0 Å². The fraction of sp³-hybridized carbons (Fsp3) is 0.615. The molecule has 94 valence electrons. The van der Waals surface area contributed by atoms with Gasteiger partial charge in [-0.2, -0.15) is 11.3 Å². The van der Waals surface area contributed by atoms with Gasteiger partial charge in [-0.3, -0.25) is 9.69 Å². The van der Waals surface area contributed by atoms with E-state index in [1.807, 2.05) is 0 Å². The Balaban J connectivity index is 1.91. The Hall–Kier alpha value is -0.870. The van der Waals surface area contributed by atoms with Gasteiger partial charge in [-0.1, -0.05) is 0 Å². The lowest BCUT2D eigenvalue weighted by atomic mass is 10.1. The van der Waals surface area contributed by atoms with Crippen molar-refractivity contribution in [3.63, 3.8) is 0 Å². The summed E-state index contributed by atoms with van der Waals surface area (Å²) in [7, 11) is 0. The summed E-state index contributed by atoms with van der Waals surface area (Å²) in [5.74, 6) is 0.203. The van der Waals surface area contributed by atoms with Gasteiger partial charge < -0.3 is 5.32 Å². The first-order valence-corrected chi connectivity index (χ1v) is 7.14. The van der Waals surface area contributed by atoms with E-state index in [1.54, 1.807) is 11.3 Å². The maximum atomic E-state index is 11.2. The Morgan fingerprint density at radius 1 is 1.59 bits per heavy atom. The van der Waals surface area contributed by atoms with Gasteiger partial charge in [0.25, 0.3) is 0 Å². The SMILES string of the molecule is CC(C)N(Cc1ccsc1)C[C@H]1CCC(=O)N1. The van der Waals surface area contributed by atoms with Crippen LogP contribution in [-0.2, 0) is 11.3 Å². The van der Waals surface area contributed by atoms with Crippen LogP contribution >= 0.6 is 11.3 Å². The van der Waals surface area contributed by atoms with Crippen molar-refractivity contribution in [2.75, 3.05) is 6.54 Å². The number of carbonyl (C=O) groups excluding carboxylic acids is 1. The average molecular weight is 252 g/mol. The number of nitrogens with zero attached hydrogens (tertiary/aromatic N) is 1. The Kier molecular flexibility index (Phi) is 4.18. The third-order valence-electron chi connectivity index (χ3n) is 3.24. The molecule has 0 bridgehead atoms. The van der Waals surface area contributed by atoms with Gasteiger partial charge in [0.1, 0.15) is 0 Å². The summed E-state index contributed by atoms with van der Waals surface area (Å²) in [5, 5.41) is 7.35. The van der Waals surface area contributed by atoms with Crippen molar-refractivity contribution in [2.45, 2.75) is 45.3 Å². The molecule has 0 radical (unpaired) electrons. The van der Waals surface area contributed by atoms with Crippen molar-refractivity contribution < 1.29 is 4.79 Å². The summed E-state index contributed by atoms with van der Waals surface area (Å²) < 4.78 is 0. The number of hydrogen-bond acceptors (Lipinski definition) is 3. The van der Waals surface area contributed by atoms with Crippen molar-refractivity contribution in [1.82, 2.24) is 10.2 Å². The maximum absolute atomic E-state index is 11.2. The van der Waals surface area contributed by atoms with E-state index in [0.717, 1.165) is 19.5 Å². The molecule has 1 fully saturated rings. The summed E-state index contributed by atoms with van der Waals surface area (Å²) in [5.41, 5.74) is 1.37. The molecule has 1 N–H and O–H groups in total. The number of thiophene rings is 1. The fourth-order valence-corrected chi connectivity index (χ4v) is 2.83. The Labute approximate surface area is 107 Å². The van der Waals surface area contributed by atoms with Gasteiger partial charge >= 0.3 is 0 Å². The highest BCUT2D eigenvalue weighted by atomic mass is 32.1. The van der Waals surface area contributed by atoms with Crippen molar-refractivity contribution in [3.8, 4) is 0 Å². The molecule has 1 aliphatic rings. The van der Waals surface area contributed by atoms with E-state index in [4.69, 9.17) is 0 Å². The van der Waals surface area contributed by atoms with E-state index in [0.29, 0.717) is 18.5 Å². The topological polar surface area (TPSA) is 32.3 Å². The molecule has 0 aliphatic carbocycles. The lowest BCUT2D eigenvalue weighted by Crippen LogP contribution is -2.41. The summed E-state index contributed by atoms with van der Waals surface area (Å²) in [6.45, 7) is 6.36. The standard InChI is InChI=1S/C13H20N2OS/c1-10(2)15(7-11-5-6-17-9-11)8-12-3-4-13(16)14-12/h5-6,9-10,12H,3-4,7-8H2,1-2H3,(H,14,16)/t12-/m1/s1. The molecule has 3 nitrogen and oxygen atoms in total. The number of nitrogens with one attached hydrogen (secondary N) is 1. The first-order valence-electron chi connectivity index (χ1n) is 6.19. The molecule has 0 aromatic carbocycles. The van der Waals surface area contributed by atoms with E-state index in [1.165, 1.54) is 5.56 Å². The number of amides is 1. The lowest BCUT2D eigenvalue weighted by molar-refractivity contribution is -0.119. The van der Waals surface area contributed by atoms with Crippen LogP contribution in [0.25, 0.3) is 0 Å². The third kappa shape index (κ3) is 3.54. The predicted octanol–water partition coefficient (Wildman–Crippen LogP) is 2.24. The van der Waals surface area contributed by atoms with Gasteiger partial charge in [0.15, 0.2) is 0 Å². The minimum Gasteiger partial charge on any atom is -0.352 e. The second-order valence-corrected chi connectivity index (χ2v) is 5.74. The average Bonchev–Trinajstić information content (AvgIpc) is 2.89. The quantitative estimate of drug-likeness (QED) is 0.871. The van der Waals surface area contributed by atoms with Gasteiger partial charge in [0.05, 0.1) is 0 Å². The predicted molar refractivity (Wildman–Crippen MR) is 71.0 cm³/mol. The van der Waals surface area contributed by atoms with Crippen LogP contribution in [0.1, 0.15) is 32.3 Å². The van der Waals surface area contributed by atoms with E-state index < -0.39 is 0 Å². The molecule has 1 atom stereocenters. The zero-order chi connectivity index (χ0) is 12.3. The Bertz CT molecular complexity index is 362. The van der Waals surface area contributed by atoms with Gasteiger partial charge in [-0.15, -0.1) is 0 Å². The maximum Gasteiger partial charge on any atom is 0.220 e. The molecular formula is C13H20N2OS. The molecule has 2 rings (SSSR count). The largest absolute Gasteiger partial charge is 0.352 e. The molecule has 1 aromatic heterocycles. The first-order chi connectivity index (χ1) is 8.15. The summed E-state index contributed by atoms with van der Waals surface area (Å²) in [6.07, 6.45) is 1.67. The molecule has 1 amide bonds. The highest BCUT2D eigenvalue weighted by Crippen LogP contribution is 2.15.